The minimum Gasteiger partial charge on any atom is -0.497 e. The number of methoxy groups -OCH3 is 1. The highest BCUT2D eigenvalue weighted by molar-refractivity contribution is 8.00. The maximum atomic E-state index is 5.62. The van der Waals surface area contributed by atoms with Gasteiger partial charge in [0.2, 0.25) is 0 Å². The van der Waals surface area contributed by atoms with Crippen molar-refractivity contribution in [1.82, 2.24) is 0 Å². The minimum atomic E-state index is 0.627. The van der Waals surface area contributed by atoms with Crippen molar-refractivity contribution >= 4 is 46.9 Å². The molecule has 0 N–H and O–H groups in total. The van der Waals surface area contributed by atoms with Crippen molar-refractivity contribution in [3.8, 4) is 5.75 Å². The second-order valence-electron chi connectivity index (χ2n) is 6.07. The van der Waals surface area contributed by atoms with Gasteiger partial charge in [-0.1, -0.05) is 12.9 Å². The van der Waals surface area contributed by atoms with Gasteiger partial charge in [0.05, 0.1) is 20.3 Å². The van der Waals surface area contributed by atoms with Crippen LogP contribution in [0.15, 0.2) is 65.1 Å². The van der Waals surface area contributed by atoms with Crippen molar-refractivity contribution in [2.75, 3.05) is 24.6 Å². The smallest absolute Gasteiger partial charge is 0.118 e. The quantitative estimate of drug-likeness (QED) is 0.284. The zero-order chi connectivity index (χ0) is 19.2. The van der Waals surface area contributed by atoms with Gasteiger partial charge in [-0.3, -0.25) is 0 Å². The zero-order valence-electron chi connectivity index (χ0n) is 16.0. The summed E-state index contributed by atoms with van der Waals surface area (Å²) in [6.45, 7) is 7.31. The van der Waals surface area contributed by atoms with E-state index in [-0.39, 0.29) is 0 Å². The molecule has 3 nitrogen and oxygen atoms in total. The number of thiophene rings is 1. The van der Waals surface area contributed by atoms with Crippen LogP contribution in [0.1, 0.15) is 12.5 Å². The molecular formula is C21H24BNO2S2. The van der Waals surface area contributed by atoms with Gasteiger partial charge >= 0.3 is 0 Å². The molecule has 3 aromatic rings. The maximum absolute atomic E-state index is 5.62. The Morgan fingerprint density at radius 1 is 1.22 bits per heavy atom. The fourth-order valence-corrected chi connectivity index (χ4v) is 4.81. The van der Waals surface area contributed by atoms with Crippen molar-refractivity contribution < 1.29 is 9.47 Å². The molecule has 1 heterocycles. The molecule has 0 radical (unpaired) electrons. The molecule has 0 spiro atoms. The van der Waals surface area contributed by atoms with E-state index in [9.17, 15) is 0 Å². The lowest BCUT2D eigenvalue weighted by atomic mass is 9.96. The standard InChI is InChI=1S/C21H24BNO2S2/c1-4-25-15(2)13-23(27-19-8-6-18(24-3)7-9-19)17-5-10-21-20(11-17)16(12-22)14-26-21/h5-11,14H,2,4,12-13,22H2,1,3H3. The Balaban J connectivity index is 1.91. The molecule has 1 aromatic heterocycles. The van der Waals surface area contributed by atoms with Crippen LogP contribution in [0, 0.1) is 0 Å². The van der Waals surface area contributed by atoms with Gasteiger partial charge in [0, 0.05) is 15.3 Å². The Kier molecular flexibility index (Phi) is 6.75. The van der Waals surface area contributed by atoms with Crippen LogP contribution in [0.2, 0.25) is 0 Å². The van der Waals surface area contributed by atoms with Gasteiger partial charge in [-0.15, -0.1) is 11.3 Å². The third-order valence-corrected chi connectivity index (χ3v) is 6.31. The van der Waals surface area contributed by atoms with E-state index in [4.69, 9.17) is 9.47 Å². The molecule has 0 atom stereocenters. The first-order valence-corrected chi connectivity index (χ1v) is 10.7. The SMILES string of the molecule is BCc1csc2ccc(N(CC(=C)OCC)Sc3ccc(OC)cc3)cc12. The Labute approximate surface area is 170 Å². The molecule has 6 heteroatoms. The lowest BCUT2D eigenvalue weighted by Gasteiger charge is -2.24. The molecular weight excluding hydrogens is 373 g/mol. The van der Waals surface area contributed by atoms with Crippen molar-refractivity contribution in [3.63, 3.8) is 0 Å². The molecule has 0 amide bonds. The summed E-state index contributed by atoms with van der Waals surface area (Å²) in [5, 5.41) is 3.59. The first kappa shape index (κ1) is 19.7. The molecule has 140 valence electrons. The normalized spacial score (nSPS) is 10.7. The predicted octanol–water partition coefficient (Wildman–Crippen LogP) is 5.11. The lowest BCUT2D eigenvalue weighted by molar-refractivity contribution is 0.229. The molecule has 2 aromatic carbocycles. The number of hydrogen-bond acceptors (Lipinski definition) is 5. The maximum Gasteiger partial charge on any atom is 0.118 e. The van der Waals surface area contributed by atoms with Gasteiger partial charge < -0.3 is 13.8 Å². The third kappa shape index (κ3) is 4.82. The number of rotatable bonds is 9. The fraction of sp³-hybridized carbons (Fsp3) is 0.238. The monoisotopic (exact) mass is 397 g/mol. The lowest BCUT2D eigenvalue weighted by Crippen LogP contribution is -2.18. The van der Waals surface area contributed by atoms with E-state index in [0.29, 0.717) is 13.2 Å². The fourth-order valence-electron chi connectivity index (χ4n) is 2.85. The minimum absolute atomic E-state index is 0.627. The van der Waals surface area contributed by atoms with Gasteiger partial charge in [-0.2, -0.15) is 0 Å². The van der Waals surface area contributed by atoms with E-state index >= 15 is 0 Å². The number of benzene rings is 2. The number of fused-ring (bicyclic) bond motifs is 1. The van der Waals surface area contributed by atoms with Crippen molar-refractivity contribution in [2.24, 2.45) is 0 Å². The Bertz CT molecular complexity index is 908. The van der Waals surface area contributed by atoms with E-state index in [1.165, 1.54) is 15.6 Å². The van der Waals surface area contributed by atoms with E-state index < -0.39 is 0 Å². The molecule has 27 heavy (non-hydrogen) atoms. The zero-order valence-corrected chi connectivity index (χ0v) is 17.7. The summed E-state index contributed by atoms with van der Waals surface area (Å²) in [6, 6.07) is 14.8. The molecule has 0 aliphatic rings. The molecule has 0 saturated carbocycles. The van der Waals surface area contributed by atoms with Crippen LogP contribution < -0.4 is 9.04 Å². The number of nitrogens with zero attached hydrogens (tertiary/aromatic N) is 1. The van der Waals surface area contributed by atoms with Crippen LogP contribution in [-0.4, -0.2) is 28.1 Å². The summed E-state index contributed by atoms with van der Waals surface area (Å²) in [6.07, 6.45) is 1.04. The molecule has 0 aliphatic carbocycles. The summed E-state index contributed by atoms with van der Waals surface area (Å²) >= 11 is 3.49. The molecule has 0 bridgehead atoms. The topological polar surface area (TPSA) is 21.7 Å². The van der Waals surface area contributed by atoms with Gasteiger partial charge in [-0.05, 0) is 77.7 Å². The summed E-state index contributed by atoms with van der Waals surface area (Å²) < 4.78 is 14.4. The largest absolute Gasteiger partial charge is 0.497 e. The average molecular weight is 397 g/mol. The van der Waals surface area contributed by atoms with E-state index in [0.717, 1.165) is 28.4 Å². The molecule has 3 rings (SSSR count). The highest BCUT2D eigenvalue weighted by Gasteiger charge is 2.13. The summed E-state index contributed by atoms with van der Waals surface area (Å²) in [5.74, 6) is 1.62. The second kappa shape index (κ2) is 9.24. The highest BCUT2D eigenvalue weighted by atomic mass is 32.2. The number of ether oxygens (including phenoxy) is 2. The molecule has 0 unspecified atom stereocenters. The first-order chi connectivity index (χ1) is 13.1. The Hall–Kier alpha value is -2.05. The molecule has 0 aliphatic heterocycles. The summed E-state index contributed by atoms with van der Waals surface area (Å²) in [5.41, 5.74) is 2.55. The predicted molar refractivity (Wildman–Crippen MR) is 121 cm³/mol. The number of anilines is 1. The Morgan fingerprint density at radius 3 is 2.67 bits per heavy atom. The van der Waals surface area contributed by atoms with Crippen LogP contribution in [0.5, 0.6) is 5.75 Å². The summed E-state index contributed by atoms with van der Waals surface area (Å²) in [7, 11) is 3.89. The van der Waals surface area contributed by atoms with Crippen LogP contribution >= 0.6 is 23.3 Å². The molecule has 0 saturated heterocycles. The second-order valence-corrected chi connectivity index (χ2v) is 8.08. The van der Waals surface area contributed by atoms with Crippen LogP contribution in [0.4, 0.5) is 5.69 Å². The van der Waals surface area contributed by atoms with E-state index in [2.05, 4.69) is 54.4 Å². The third-order valence-electron chi connectivity index (χ3n) is 4.25. The highest BCUT2D eigenvalue weighted by Crippen LogP contribution is 2.35. The van der Waals surface area contributed by atoms with Gasteiger partial charge in [-0.25, -0.2) is 0 Å². The van der Waals surface area contributed by atoms with E-state index in [1.807, 2.05) is 30.4 Å². The van der Waals surface area contributed by atoms with Crippen LogP contribution in [0.25, 0.3) is 10.1 Å². The average Bonchev–Trinajstić information content (AvgIpc) is 3.10. The van der Waals surface area contributed by atoms with Gasteiger partial charge in [0.15, 0.2) is 0 Å². The van der Waals surface area contributed by atoms with Crippen molar-refractivity contribution in [1.29, 1.82) is 0 Å². The van der Waals surface area contributed by atoms with Crippen molar-refractivity contribution in [3.05, 3.63) is 65.7 Å². The van der Waals surface area contributed by atoms with Crippen LogP contribution in [-0.2, 0) is 11.1 Å². The first-order valence-electron chi connectivity index (χ1n) is 9.04. The van der Waals surface area contributed by atoms with Gasteiger partial charge in [0.25, 0.3) is 0 Å². The van der Waals surface area contributed by atoms with E-state index in [1.54, 1.807) is 19.1 Å². The molecule has 0 fully saturated rings. The Morgan fingerprint density at radius 2 is 2.00 bits per heavy atom. The number of hydrogen-bond donors (Lipinski definition) is 0. The van der Waals surface area contributed by atoms with Crippen molar-refractivity contribution in [2.45, 2.75) is 18.1 Å². The summed E-state index contributed by atoms with van der Waals surface area (Å²) in [4.78, 5) is 1.14. The van der Waals surface area contributed by atoms with Crippen LogP contribution in [0.3, 0.4) is 0 Å². The van der Waals surface area contributed by atoms with Gasteiger partial charge in [0.1, 0.15) is 19.4 Å².